The lowest BCUT2D eigenvalue weighted by atomic mass is 10.1. The first kappa shape index (κ1) is 14.5. The molecule has 118 valence electrons. The van der Waals surface area contributed by atoms with Gasteiger partial charge in [-0.2, -0.15) is 4.98 Å². The topological polar surface area (TPSA) is 49.3 Å². The van der Waals surface area contributed by atoms with Crippen LogP contribution in [0, 0.1) is 0 Å². The third-order valence-corrected chi connectivity index (χ3v) is 4.88. The van der Waals surface area contributed by atoms with Crippen LogP contribution in [0.4, 0.5) is 17.2 Å². The Balaban J connectivity index is 1.99. The van der Waals surface area contributed by atoms with Crippen LogP contribution in [0.15, 0.2) is 30.5 Å². The van der Waals surface area contributed by atoms with Crippen molar-refractivity contribution in [2.45, 2.75) is 31.7 Å². The highest BCUT2D eigenvalue weighted by molar-refractivity contribution is 6.28. The van der Waals surface area contributed by atoms with Crippen LogP contribution in [0.25, 0.3) is 0 Å². The highest BCUT2D eigenvalue weighted by Gasteiger charge is 2.35. The number of aromatic nitrogens is 2. The lowest BCUT2D eigenvalue weighted by Crippen LogP contribution is -2.30. The predicted octanol–water partition coefficient (Wildman–Crippen LogP) is 3.80. The first-order chi connectivity index (χ1) is 11.2. The van der Waals surface area contributed by atoms with Crippen molar-refractivity contribution in [1.29, 1.82) is 0 Å². The zero-order valence-corrected chi connectivity index (χ0v) is 13.6. The Labute approximate surface area is 139 Å². The molecule has 0 spiro atoms. The lowest BCUT2D eigenvalue weighted by molar-refractivity contribution is 0.0994. The summed E-state index contributed by atoms with van der Waals surface area (Å²) in [4.78, 5) is 25.2. The number of carbonyl (C=O) groups excluding carboxylic acids is 1. The van der Waals surface area contributed by atoms with Crippen molar-refractivity contribution in [3.63, 3.8) is 0 Å². The summed E-state index contributed by atoms with van der Waals surface area (Å²) in [5.41, 5.74) is 2.29. The van der Waals surface area contributed by atoms with E-state index >= 15 is 0 Å². The van der Waals surface area contributed by atoms with Crippen LogP contribution in [0.3, 0.4) is 0 Å². The summed E-state index contributed by atoms with van der Waals surface area (Å²) in [6.45, 7) is 0. The molecule has 1 aliphatic carbocycles. The second kappa shape index (κ2) is 5.49. The van der Waals surface area contributed by atoms with Gasteiger partial charge in [0.1, 0.15) is 5.69 Å². The minimum Gasteiger partial charge on any atom is -0.321 e. The van der Waals surface area contributed by atoms with Crippen molar-refractivity contribution < 1.29 is 4.79 Å². The highest BCUT2D eigenvalue weighted by Crippen LogP contribution is 2.43. The molecule has 1 aromatic carbocycles. The number of nitrogens with zero attached hydrogens (tertiary/aromatic N) is 4. The SMILES string of the molecule is CN1C(=O)c2ccccc2N(C2CCCC2)c2nc(Cl)ncc21. The molecular weight excluding hydrogens is 312 g/mol. The molecule has 2 heterocycles. The van der Waals surface area contributed by atoms with Crippen LogP contribution in [0.5, 0.6) is 0 Å². The number of amides is 1. The molecule has 1 aromatic heterocycles. The van der Waals surface area contributed by atoms with Gasteiger partial charge in [0.15, 0.2) is 5.82 Å². The summed E-state index contributed by atoms with van der Waals surface area (Å²) in [7, 11) is 1.76. The van der Waals surface area contributed by atoms with E-state index in [9.17, 15) is 4.79 Å². The monoisotopic (exact) mass is 328 g/mol. The fourth-order valence-electron chi connectivity index (χ4n) is 3.56. The van der Waals surface area contributed by atoms with E-state index < -0.39 is 0 Å². The van der Waals surface area contributed by atoms with Gasteiger partial charge in [-0.15, -0.1) is 0 Å². The lowest BCUT2D eigenvalue weighted by Gasteiger charge is -2.31. The predicted molar refractivity (Wildman–Crippen MR) is 90.6 cm³/mol. The molecule has 0 N–H and O–H groups in total. The van der Waals surface area contributed by atoms with Gasteiger partial charge in [0.25, 0.3) is 5.91 Å². The number of rotatable bonds is 1. The molecule has 2 aromatic rings. The number of hydrogen-bond acceptors (Lipinski definition) is 4. The van der Waals surface area contributed by atoms with E-state index in [0.29, 0.717) is 17.3 Å². The van der Waals surface area contributed by atoms with E-state index in [2.05, 4.69) is 14.9 Å². The quantitative estimate of drug-likeness (QED) is 0.747. The van der Waals surface area contributed by atoms with E-state index in [0.717, 1.165) is 24.3 Å². The maximum absolute atomic E-state index is 12.9. The molecule has 0 bridgehead atoms. The fourth-order valence-corrected chi connectivity index (χ4v) is 3.69. The Kier molecular flexibility index (Phi) is 3.45. The molecule has 0 saturated heterocycles. The van der Waals surface area contributed by atoms with Crippen molar-refractivity contribution in [3.8, 4) is 0 Å². The number of para-hydroxylation sites is 1. The number of hydrogen-bond donors (Lipinski definition) is 0. The largest absolute Gasteiger partial charge is 0.321 e. The first-order valence-corrected chi connectivity index (χ1v) is 8.23. The summed E-state index contributed by atoms with van der Waals surface area (Å²) in [5.74, 6) is 0.672. The van der Waals surface area contributed by atoms with Crippen molar-refractivity contribution >= 4 is 34.7 Å². The summed E-state index contributed by atoms with van der Waals surface area (Å²) in [6.07, 6.45) is 6.21. The average molecular weight is 329 g/mol. The van der Waals surface area contributed by atoms with Crippen molar-refractivity contribution in [2.75, 3.05) is 16.8 Å². The molecule has 1 amide bonds. The second-order valence-corrected chi connectivity index (χ2v) is 6.38. The third kappa shape index (κ3) is 2.27. The molecule has 0 unspecified atom stereocenters. The molecule has 23 heavy (non-hydrogen) atoms. The van der Waals surface area contributed by atoms with Crippen LogP contribution < -0.4 is 9.80 Å². The van der Waals surface area contributed by atoms with E-state index in [4.69, 9.17) is 11.6 Å². The third-order valence-electron chi connectivity index (χ3n) is 4.70. The Morgan fingerprint density at radius 3 is 2.70 bits per heavy atom. The van der Waals surface area contributed by atoms with Gasteiger partial charge in [0, 0.05) is 13.1 Å². The van der Waals surface area contributed by atoms with Gasteiger partial charge in [-0.05, 0) is 36.6 Å². The summed E-state index contributed by atoms with van der Waals surface area (Å²) < 4.78 is 0. The second-order valence-electron chi connectivity index (χ2n) is 6.04. The van der Waals surface area contributed by atoms with Crippen LogP contribution in [0.1, 0.15) is 36.0 Å². The molecule has 5 nitrogen and oxygen atoms in total. The number of fused-ring (bicyclic) bond motifs is 2. The molecule has 4 rings (SSSR count). The normalized spacial score (nSPS) is 17.9. The summed E-state index contributed by atoms with van der Waals surface area (Å²) >= 11 is 6.06. The molecular formula is C17H17ClN4O. The Hall–Kier alpha value is -2.14. The smallest absolute Gasteiger partial charge is 0.260 e. The molecule has 2 aliphatic rings. The van der Waals surface area contributed by atoms with Gasteiger partial charge in [-0.3, -0.25) is 4.79 Å². The molecule has 0 radical (unpaired) electrons. The Morgan fingerprint density at radius 1 is 1.17 bits per heavy atom. The van der Waals surface area contributed by atoms with Crippen LogP contribution >= 0.6 is 11.6 Å². The van der Waals surface area contributed by atoms with Gasteiger partial charge >= 0.3 is 0 Å². The Bertz CT molecular complexity index is 773. The first-order valence-electron chi connectivity index (χ1n) is 7.85. The molecule has 1 fully saturated rings. The van der Waals surface area contributed by atoms with Gasteiger partial charge in [0.2, 0.25) is 5.28 Å². The maximum atomic E-state index is 12.9. The molecule has 1 aliphatic heterocycles. The number of carbonyl (C=O) groups is 1. The fraction of sp³-hybridized carbons (Fsp3) is 0.353. The van der Waals surface area contributed by atoms with Gasteiger partial charge < -0.3 is 9.80 Å². The number of anilines is 3. The number of benzene rings is 1. The minimum absolute atomic E-state index is 0.0479. The minimum atomic E-state index is -0.0479. The van der Waals surface area contributed by atoms with Gasteiger partial charge in [-0.25, -0.2) is 4.98 Å². The van der Waals surface area contributed by atoms with Crippen LogP contribution in [-0.2, 0) is 0 Å². The van der Waals surface area contributed by atoms with E-state index in [1.807, 2.05) is 24.3 Å². The molecule has 6 heteroatoms. The van der Waals surface area contributed by atoms with Crippen molar-refractivity contribution in [3.05, 3.63) is 41.3 Å². The van der Waals surface area contributed by atoms with Gasteiger partial charge in [-0.1, -0.05) is 25.0 Å². The van der Waals surface area contributed by atoms with Crippen LogP contribution in [-0.4, -0.2) is 29.0 Å². The van der Waals surface area contributed by atoms with E-state index in [1.54, 1.807) is 18.1 Å². The van der Waals surface area contributed by atoms with Crippen molar-refractivity contribution in [1.82, 2.24) is 9.97 Å². The highest BCUT2D eigenvalue weighted by atomic mass is 35.5. The van der Waals surface area contributed by atoms with E-state index in [-0.39, 0.29) is 11.2 Å². The average Bonchev–Trinajstić information content (AvgIpc) is 3.06. The zero-order valence-electron chi connectivity index (χ0n) is 12.9. The number of halogens is 1. The van der Waals surface area contributed by atoms with Crippen molar-refractivity contribution in [2.24, 2.45) is 0 Å². The van der Waals surface area contributed by atoms with Gasteiger partial charge in [0.05, 0.1) is 17.4 Å². The summed E-state index contributed by atoms with van der Waals surface area (Å²) in [6, 6.07) is 8.05. The molecule has 1 saturated carbocycles. The van der Waals surface area contributed by atoms with Crippen LogP contribution in [0.2, 0.25) is 5.28 Å². The maximum Gasteiger partial charge on any atom is 0.260 e. The molecule has 0 atom stereocenters. The zero-order chi connectivity index (χ0) is 16.0. The Morgan fingerprint density at radius 2 is 1.91 bits per heavy atom. The van der Waals surface area contributed by atoms with E-state index in [1.165, 1.54) is 12.8 Å². The summed E-state index contributed by atoms with van der Waals surface area (Å²) in [5, 5.41) is 0.201. The standard InChI is InChI=1S/C17H17ClN4O/c1-21-14-10-19-17(18)20-15(14)22(11-6-2-3-7-11)13-9-5-4-8-12(13)16(21)23/h4-5,8-11H,2-3,6-7H2,1H3.